The van der Waals surface area contributed by atoms with Crippen LogP contribution in [-0.4, -0.2) is 24.1 Å². The smallest absolute Gasteiger partial charge is 0.173 e. The minimum absolute atomic E-state index is 0.155. The quantitative estimate of drug-likeness (QED) is 0.376. The summed E-state index contributed by atoms with van der Waals surface area (Å²) in [6, 6.07) is 5.97. The van der Waals surface area contributed by atoms with Crippen molar-refractivity contribution in [2.24, 2.45) is 22.7 Å². The summed E-state index contributed by atoms with van der Waals surface area (Å²) >= 11 is 3.51. The standard InChI is InChI=1S/C16H24BrN3O/c1-11(2)12-5-4-9-20(10-8-12)14-7-3-6-13(17)15(14)16(18)19-21/h3,6-7,11-12,21H,4-5,8-10H2,1-2H3,(H2,18,19). The summed E-state index contributed by atoms with van der Waals surface area (Å²) in [5.74, 6) is 1.67. The van der Waals surface area contributed by atoms with Gasteiger partial charge in [0.25, 0.3) is 0 Å². The SMILES string of the molecule is CC(C)C1CCCN(c2cccc(Br)c2/C(N)=N/O)CC1. The van der Waals surface area contributed by atoms with Gasteiger partial charge in [0.2, 0.25) is 0 Å². The van der Waals surface area contributed by atoms with Gasteiger partial charge in [0, 0.05) is 23.2 Å². The minimum atomic E-state index is 0.155. The Bertz CT molecular complexity index is 516. The first-order valence-corrected chi connectivity index (χ1v) is 8.35. The van der Waals surface area contributed by atoms with E-state index in [2.05, 4.69) is 39.8 Å². The van der Waals surface area contributed by atoms with E-state index in [0.29, 0.717) is 0 Å². The second-order valence-electron chi connectivity index (χ2n) is 6.04. The molecule has 2 rings (SSSR count). The van der Waals surface area contributed by atoms with Crippen molar-refractivity contribution in [3.8, 4) is 0 Å². The molecule has 0 spiro atoms. The molecular formula is C16H24BrN3O. The lowest BCUT2D eigenvalue weighted by Crippen LogP contribution is -2.28. The van der Waals surface area contributed by atoms with Crippen molar-refractivity contribution in [1.82, 2.24) is 0 Å². The van der Waals surface area contributed by atoms with Crippen molar-refractivity contribution >= 4 is 27.5 Å². The highest BCUT2D eigenvalue weighted by atomic mass is 79.9. The van der Waals surface area contributed by atoms with Gasteiger partial charge >= 0.3 is 0 Å². The fourth-order valence-electron chi connectivity index (χ4n) is 3.11. The summed E-state index contributed by atoms with van der Waals surface area (Å²) < 4.78 is 0.861. The first-order chi connectivity index (χ1) is 10.0. The van der Waals surface area contributed by atoms with E-state index in [1.165, 1.54) is 19.3 Å². The van der Waals surface area contributed by atoms with E-state index < -0.39 is 0 Å². The summed E-state index contributed by atoms with van der Waals surface area (Å²) in [6.45, 7) is 6.65. The van der Waals surface area contributed by atoms with Crippen LogP contribution in [0.3, 0.4) is 0 Å². The molecule has 1 aliphatic heterocycles. The van der Waals surface area contributed by atoms with E-state index in [1.807, 2.05) is 18.2 Å². The summed E-state index contributed by atoms with van der Waals surface area (Å²) in [6.07, 6.45) is 3.66. The first kappa shape index (κ1) is 16.1. The molecule has 0 aromatic heterocycles. The van der Waals surface area contributed by atoms with Crippen LogP contribution in [0.4, 0.5) is 5.69 Å². The summed E-state index contributed by atoms with van der Waals surface area (Å²) in [5, 5.41) is 12.2. The molecule has 5 heteroatoms. The van der Waals surface area contributed by atoms with E-state index in [-0.39, 0.29) is 5.84 Å². The number of benzene rings is 1. The maximum Gasteiger partial charge on any atom is 0.173 e. The van der Waals surface area contributed by atoms with E-state index in [4.69, 9.17) is 10.9 Å². The second-order valence-corrected chi connectivity index (χ2v) is 6.90. The Morgan fingerprint density at radius 1 is 1.38 bits per heavy atom. The Labute approximate surface area is 135 Å². The number of rotatable bonds is 3. The van der Waals surface area contributed by atoms with Gasteiger partial charge in [-0.25, -0.2) is 0 Å². The van der Waals surface area contributed by atoms with Crippen molar-refractivity contribution < 1.29 is 5.21 Å². The van der Waals surface area contributed by atoms with Crippen LogP contribution in [0.5, 0.6) is 0 Å². The third-order valence-electron chi connectivity index (χ3n) is 4.41. The number of nitrogens with two attached hydrogens (primary N) is 1. The van der Waals surface area contributed by atoms with Gasteiger partial charge < -0.3 is 15.8 Å². The molecule has 0 bridgehead atoms. The predicted octanol–water partition coefficient (Wildman–Crippen LogP) is 3.81. The molecular weight excluding hydrogens is 330 g/mol. The van der Waals surface area contributed by atoms with Gasteiger partial charge in [0.05, 0.1) is 5.56 Å². The number of hydrogen-bond acceptors (Lipinski definition) is 3. The second kappa shape index (κ2) is 7.16. The normalized spacial score (nSPS) is 20.7. The number of hydrogen-bond donors (Lipinski definition) is 2. The number of nitrogens with zero attached hydrogens (tertiary/aromatic N) is 2. The van der Waals surface area contributed by atoms with Crippen LogP contribution in [0.15, 0.2) is 27.8 Å². The van der Waals surface area contributed by atoms with Gasteiger partial charge in [0.15, 0.2) is 5.84 Å². The van der Waals surface area contributed by atoms with Crippen LogP contribution < -0.4 is 10.6 Å². The van der Waals surface area contributed by atoms with Gasteiger partial charge in [-0.15, -0.1) is 0 Å². The zero-order chi connectivity index (χ0) is 15.4. The molecule has 1 aromatic rings. The van der Waals surface area contributed by atoms with Gasteiger partial charge in [-0.1, -0.05) is 25.1 Å². The maximum atomic E-state index is 9.03. The van der Waals surface area contributed by atoms with E-state index in [1.54, 1.807) is 0 Å². The van der Waals surface area contributed by atoms with E-state index in [9.17, 15) is 0 Å². The molecule has 4 nitrogen and oxygen atoms in total. The number of amidine groups is 1. The molecule has 0 aliphatic carbocycles. The van der Waals surface area contributed by atoms with Crippen LogP contribution in [0, 0.1) is 11.8 Å². The van der Waals surface area contributed by atoms with Crippen LogP contribution in [0.25, 0.3) is 0 Å². The molecule has 3 N–H and O–H groups in total. The summed E-state index contributed by atoms with van der Waals surface area (Å²) in [4.78, 5) is 2.36. The lowest BCUT2D eigenvalue weighted by atomic mass is 9.89. The molecule has 21 heavy (non-hydrogen) atoms. The highest BCUT2D eigenvalue weighted by molar-refractivity contribution is 9.10. The van der Waals surface area contributed by atoms with Gasteiger partial charge in [-0.2, -0.15) is 0 Å². The molecule has 1 atom stereocenters. The lowest BCUT2D eigenvalue weighted by Gasteiger charge is -2.26. The largest absolute Gasteiger partial charge is 0.409 e. The van der Waals surface area contributed by atoms with Crippen molar-refractivity contribution in [3.05, 3.63) is 28.2 Å². The maximum absolute atomic E-state index is 9.03. The molecule has 116 valence electrons. The van der Waals surface area contributed by atoms with Crippen LogP contribution >= 0.6 is 15.9 Å². The average Bonchev–Trinajstić information content (AvgIpc) is 2.72. The molecule has 1 aromatic carbocycles. The molecule has 0 saturated carbocycles. The monoisotopic (exact) mass is 353 g/mol. The topological polar surface area (TPSA) is 61.8 Å². The molecule has 1 unspecified atom stereocenters. The zero-order valence-corrected chi connectivity index (χ0v) is 14.3. The molecule has 0 amide bonds. The molecule has 1 saturated heterocycles. The molecule has 0 radical (unpaired) electrons. The zero-order valence-electron chi connectivity index (χ0n) is 12.7. The van der Waals surface area contributed by atoms with Crippen LogP contribution in [0.1, 0.15) is 38.7 Å². The molecule has 1 aliphatic rings. The first-order valence-electron chi connectivity index (χ1n) is 7.56. The van der Waals surface area contributed by atoms with Crippen molar-refractivity contribution in [1.29, 1.82) is 0 Å². The molecule has 1 heterocycles. The van der Waals surface area contributed by atoms with E-state index in [0.717, 1.165) is 40.6 Å². The fraction of sp³-hybridized carbons (Fsp3) is 0.562. The minimum Gasteiger partial charge on any atom is -0.409 e. The van der Waals surface area contributed by atoms with Crippen molar-refractivity contribution in [3.63, 3.8) is 0 Å². The number of oxime groups is 1. The third kappa shape index (κ3) is 3.70. The Morgan fingerprint density at radius 3 is 2.81 bits per heavy atom. The highest BCUT2D eigenvalue weighted by Crippen LogP contribution is 2.32. The lowest BCUT2D eigenvalue weighted by molar-refractivity contribution is 0.318. The average molecular weight is 354 g/mol. The Kier molecular flexibility index (Phi) is 5.51. The van der Waals surface area contributed by atoms with E-state index >= 15 is 0 Å². The van der Waals surface area contributed by atoms with Gasteiger partial charge in [-0.3, -0.25) is 0 Å². The Balaban J connectivity index is 2.28. The highest BCUT2D eigenvalue weighted by Gasteiger charge is 2.22. The predicted molar refractivity (Wildman–Crippen MR) is 91.0 cm³/mol. The summed E-state index contributed by atoms with van der Waals surface area (Å²) in [7, 11) is 0. The van der Waals surface area contributed by atoms with Gasteiger partial charge in [0.1, 0.15) is 0 Å². The molecule has 1 fully saturated rings. The van der Waals surface area contributed by atoms with Crippen molar-refractivity contribution in [2.45, 2.75) is 33.1 Å². The number of halogens is 1. The van der Waals surface area contributed by atoms with Crippen molar-refractivity contribution in [2.75, 3.05) is 18.0 Å². The Morgan fingerprint density at radius 2 is 2.14 bits per heavy atom. The van der Waals surface area contributed by atoms with Gasteiger partial charge in [-0.05, 0) is 59.2 Å². The van der Waals surface area contributed by atoms with Crippen LogP contribution in [0.2, 0.25) is 0 Å². The third-order valence-corrected chi connectivity index (χ3v) is 5.07. The van der Waals surface area contributed by atoms with Crippen LogP contribution in [-0.2, 0) is 0 Å². The fourth-order valence-corrected chi connectivity index (χ4v) is 3.67. The summed E-state index contributed by atoms with van der Waals surface area (Å²) in [5.41, 5.74) is 7.69. The number of anilines is 1. The Hall–Kier alpha value is -1.23.